The molecule has 1 N–H and O–H groups in total. The second kappa shape index (κ2) is 7.04. The lowest BCUT2D eigenvalue weighted by Gasteiger charge is -2.10. The van der Waals surface area contributed by atoms with Gasteiger partial charge < -0.3 is 4.74 Å². The number of halogens is 1. The third-order valence-electron chi connectivity index (χ3n) is 2.96. The Morgan fingerprint density at radius 1 is 1.10 bits per heavy atom. The van der Waals surface area contributed by atoms with Gasteiger partial charge in [0.05, 0.1) is 12.8 Å². The summed E-state index contributed by atoms with van der Waals surface area (Å²) >= 11 is 3.43. The van der Waals surface area contributed by atoms with Crippen molar-refractivity contribution in [3.8, 4) is 0 Å². The number of Topliss-reactive ketones (excluding diaryl/α,β-unsaturated/α-hetero) is 1. The van der Waals surface area contributed by atoms with E-state index in [2.05, 4.69) is 26.0 Å². The molecule has 4 nitrogen and oxygen atoms in total. The molecule has 0 radical (unpaired) electrons. The largest absolute Gasteiger partial charge is 0.453 e. The van der Waals surface area contributed by atoms with Crippen LogP contribution in [0, 0.1) is 0 Å². The van der Waals surface area contributed by atoms with Crippen molar-refractivity contribution in [2.24, 2.45) is 0 Å². The van der Waals surface area contributed by atoms with Crippen molar-refractivity contribution in [3.05, 3.63) is 64.1 Å². The molecule has 2 rings (SSSR count). The molecule has 0 spiro atoms. The number of amides is 1. The van der Waals surface area contributed by atoms with Crippen LogP contribution < -0.4 is 5.32 Å². The highest BCUT2D eigenvalue weighted by atomic mass is 79.9. The summed E-state index contributed by atoms with van der Waals surface area (Å²) in [5.41, 5.74) is 1.80. The fraction of sp³-hybridized carbons (Fsp3) is 0.125. The number of hydrogen-bond acceptors (Lipinski definition) is 3. The van der Waals surface area contributed by atoms with Crippen LogP contribution in [0.3, 0.4) is 0 Å². The minimum absolute atomic E-state index is 0.0751. The van der Waals surface area contributed by atoms with E-state index in [1.807, 2.05) is 24.3 Å². The predicted molar refractivity (Wildman–Crippen MR) is 84.6 cm³/mol. The van der Waals surface area contributed by atoms with Gasteiger partial charge in [0.25, 0.3) is 0 Å². The van der Waals surface area contributed by atoms with Crippen LogP contribution in [0.4, 0.5) is 10.5 Å². The van der Waals surface area contributed by atoms with Crippen molar-refractivity contribution in [2.45, 2.75) is 6.42 Å². The zero-order valence-corrected chi connectivity index (χ0v) is 13.0. The molecule has 0 aliphatic carbocycles. The number of carbonyl (C=O) groups is 2. The van der Waals surface area contributed by atoms with E-state index in [-0.39, 0.29) is 12.2 Å². The second-order valence-electron chi connectivity index (χ2n) is 4.35. The monoisotopic (exact) mass is 347 g/mol. The minimum atomic E-state index is -0.601. The zero-order valence-electron chi connectivity index (χ0n) is 11.4. The van der Waals surface area contributed by atoms with E-state index in [4.69, 9.17) is 0 Å². The van der Waals surface area contributed by atoms with Gasteiger partial charge in [-0.05, 0) is 23.8 Å². The number of ether oxygens (including phenoxy) is 1. The first-order valence-electron chi connectivity index (χ1n) is 6.32. The Morgan fingerprint density at radius 3 is 2.48 bits per heavy atom. The van der Waals surface area contributed by atoms with E-state index in [9.17, 15) is 9.59 Å². The predicted octanol–water partition coefficient (Wildman–Crippen LogP) is 4.05. The number of ketones is 1. The molecule has 0 saturated heterocycles. The summed E-state index contributed by atoms with van der Waals surface area (Å²) in [7, 11) is 1.28. The Kier molecular flexibility index (Phi) is 5.11. The molecule has 1 amide bonds. The van der Waals surface area contributed by atoms with Crippen LogP contribution in [0.15, 0.2) is 53.0 Å². The SMILES string of the molecule is COC(=O)Nc1ccccc1C(=O)Cc1ccccc1Br. The Labute approximate surface area is 131 Å². The average Bonchev–Trinajstić information content (AvgIpc) is 2.50. The van der Waals surface area contributed by atoms with Crippen molar-refractivity contribution in [1.29, 1.82) is 0 Å². The number of rotatable bonds is 4. The van der Waals surface area contributed by atoms with Gasteiger partial charge in [-0.2, -0.15) is 0 Å². The van der Waals surface area contributed by atoms with Crippen LogP contribution in [0.25, 0.3) is 0 Å². The molecule has 108 valence electrons. The molecular weight excluding hydrogens is 334 g/mol. The van der Waals surface area contributed by atoms with Crippen LogP contribution in [0.2, 0.25) is 0 Å². The molecule has 0 heterocycles. The number of methoxy groups -OCH3 is 1. The molecule has 0 aliphatic rings. The quantitative estimate of drug-likeness (QED) is 0.848. The van der Waals surface area contributed by atoms with Gasteiger partial charge in [0.15, 0.2) is 5.78 Å². The van der Waals surface area contributed by atoms with Crippen LogP contribution in [-0.2, 0) is 11.2 Å². The number of carbonyl (C=O) groups excluding carboxylic acids is 2. The van der Waals surface area contributed by atoms with Crippen molar-refractivity contribution in [3.63, 3.8) is 0 Å². The molecule has 0 aromatic heterocycles. The highest BCUT2D eigenvalue weighted by Crippen LogP contribution is 2.21. The molecule has 2 aromatic rings. The standard InChI is InChI=1S/C16H14BrNO3/c1-21-16(20)18-14-9-5-3-7-12(14)15(19)10-11-6-2-4-8-13(11)17/h2-9H,10H2,1H3,(H,18,20). The first-order valence-corrected chi connectivity index (χ1v) is 7.11. The van der Waals surface area contributed by atoms with Gasteiger partial charge in [0.2, 0.25) is 0 Å². The van der Waals surface area contributed by atoms with Crippen molar-refractivity contribution in [1.82, 2.24) is 0 Å². The van der Waals surface area contributed by atoms with Crippen LogP contribution in [0.1, 0.15) is 15.9 Å². The van der Waals surface area contributed by atoms with Crippen LogP contribution >= 0.6 is 15.9 Å². The fourth-order valence-corrected chi connectivity index (χ4v) is 2.33. The van der Waals surface area contributed by atoms with Gasteiger partial charge in [0.1, 0.15) is 0 Å². The summed E-state index contributed by atoms with van der Waals surface area (Å²) in [5.74, 6) is -0.0751. The van der Waals surface area contributed by atoms with Crippen molar-refractivity contribution < 1.29 is 14.3 Å². The maximum absolute atomic E-state index is 12.4. The first-order chi connectivity index (χ1) is 10.1. The third-order valence-corrected chi connectivity index (χ3v) is 3.73. The summed E-state index contributed by atoms with van der Waals surface area (Å²) in [5, 5.41) is 2.55. The van der Waals surface area contributed by atoms with E-state index >= 15 is 0 Å². The molecule has 21 heavy (non-hydrogen) atoms. The van der Waals surface area contributed by atoms with Gasteiger partial charge in [-0.25, -0.2) is 4.79 Å². The minimum Gasteiger partial charge on any atom is -0.453 e. The van der Waals surface area contributed by atoms with Gasteiger partial charge in [0, 0.05) is 16.5 Å². The summed E-state index contributed by atoms with van der Waals surface area (Å²) in [6.07, 6.45) is -0.350. The molecule has 5 heteroatoms. The summed E-state index contributed by atoms with van der Waals surface area (Å²) in [6, 6.07) is 14.4. The highest BCUT2D eigenvalue weighted by molar-refractivity contribution is 9.10. The maximum Gasteiger partial charge on any atom is 0.411 e. The van der Waals surface area contributed by atoms with Crippen molar-refractivity contribution in [2.75, 3.05) is 12.4 Å². The Balaban J connectivity index is 2.23. The molecule has 0 unspecified atom stereocenters. The number of nitrogens with one attached hydrogen (secondary N) is 1. The zero-order chi connectivity index (χ0) is 15.2. The first kappa shape index (κ1) is 15.3. The lowest BCUT2D eigenvalue weighted by atomic mass is 10.0. The molecule has 0 bridgehead atoms. The van der Waals surface area contributed by atoms with Crippen molar-refractivity contribution >= 4 is 33.5 Å². The molecule has 2 aromatic carbocycles. The molecular formula is C16H14BrNO3. The van der Waals surface area contributed by atoms with E-state index in [0.717, 1.165) is 10.0 Å². The van der Waals surface area contributed by atoms with Gasteiger partial charge in [-0.3, -0.25) is 10.1 Å². The van der Waals surface area contributed by atoms with Crippen LogP contribution in [-0.4, -0.2) is 19.0 Å². The number of para-hydroxylation sites is 1. The fourth-order valence-electron chi connectivity index (χ4n) is 1.91. The van der Waals surface area contributed by atoms with Gasteiger partial charge in [-0.1, -0.05) is 46.3 Å². The summed E-state index contributed by atoms with van der Waals surface area (Å²) in [4.78, 5) is 23.8. The Bertz CT molecular complexity index is 670. The Morgan fingerprint density at radius 2 is 1.76 bits per heavy atom. The Hall–Kier alpha value is -2.14. The number of benzene rings is 2. The van der Waals surface area contributed by atoms with E-state index in [1.54, 1.807) is 24.3 Å². The number of anilines is 1. The summed E-state index contributed by atoms with van der Waals surface area (Å²) in [6.45, 7) is 0. The molecule has 0 atom stereocenters. The van der Waals surface area contributed by atoms with E-state index in [0.29, 0.717) is 11.3 Å². The molecule has 0 aliphatic heterocycles. The second-order valence-corrected chi connectivity index (χ2v) is 5.21. The molecule has 0 saturated carbocycles. The number of hydrogen-bond donors (Lipinski definition) is 1. The van der Waals surface area contributed by atoms with Crippen LogP contribution in [0.5, 0.6) is 0 Å². The van der Waals surface area contributed by atoms with E-state index < -0.39 is 6.09 Å². The lowest BCUT2D eigenvalue weighted by molar-refractivity contribution is 0.0993. The smallest absolute Gasteiger partial charge is 0.411 e. The van der Waals surface area contributed by atoms with Gasteiger partial charge in [-0.15, -0.1) is 0 Å². The van der Waals surface area contributed by atoms with E-state index in [1.165, 1.54) is 7.11 Å². The lowest BCUT2D eigenvalue weighted by Crippen LogP contribution is -2.15. The summed E-state index contributed by atoms with van der Waals surface area (Å²) < 4.78 is 5.44. The topological polar surface area (TPSA) is 55.4 Å². The van der Waals surface area contributed by atoms with Gasteiger partial charge >= 0.3 is 6.09 Å². The normalized spacial score (nSPS) is 10.0. The maximum atomic E-state index is 12.4. The molecule has 0 fully saturated rings. The third kappa shape index (κ3) is 3.92. The average molecular weight is 348 g/mol. The highest BCUT2D eigenvalue weighted by Gasteiger charge is 2.14.